The molecule has 0 aliphatic rings. The highest BCUT2D eigenvalue weighted by Gasteiger charge is 2.16. The van der Waals surface area contributed by atoms with E-state index < -0.39 is 0 Å². The van der Waals surface area contributed by atoms with E-state index in [1.807, 2.05) is 61.5 Å². The van der Waals surface area contributed by atoms with Crippen LogP contribution in [-0.4, -0.2) is 10.5 Å². The molecule has 0 bridgehead atoms. The molecule has 1 aromatic heterocycles. The average Bonchev–Trinajstić information content (AvgIpc) is 2.58. The minimum absolute atomic E-state index is 0.133. The molecule has 3 aromatic rings. The highest BCUT2D eigenvalue weighted by atomic mass is 16.2. The first-order valence-corrected chi connectivity index (χ1v) is 7.52. The number of benzene rings is 2. The Kier molecular flexibility index (Phi) is 3.98. The molecule has 1 N–H and O–H groups in total. The summed E-state index contributed by atoms with van der Waals surface area (Å²) in [5, 5.41) is 3.73. The number of nitrogens with zero attached hydrogens (tertiary/aromatic N) is 1. The predicted octanol–water partition coefficient (Wildman–Crippen LogP) is 3.03. The maximum absolute atomic E-state index is 12.6. The molecule has 1 atom stereocenters. The summed E-state index contributed by atoms with van der Waals surface area (Å²) in [5.41, 5.74) is 1.99. The van der Waals surface area contributed by atoms with Crippen LogP contribution < -0.4 is 10.9 Å². The van der Waals surface area contributed by atoms with Crippen LogP contribution in [0.3, 0.4) is 0 Å². The van der Waals surface area contributed by atoms with Gasteiger partial charge in [0.15, 0.2) is 0 Å². The first kappa shape index (κ1) is 15.0. The van der Waals surface area contributed by atoms with E-state index in [1.165, 1.54) is 6.07 Å². The number of rotatable bonds is 3. The molecular weight excluding hydrogens is 288 g/mol. The number of hydrogen-bond donors (Lipinski definition) is 1. The Morgan fingerprint density at radius 1 is 1.04 bits per heavy atom. The molecule has 0 saturated heterocycles. The van der Waals surface area contributed by atoms with Crippen LogP contribution >= 0.6 is 0 Å². The number of para-hydroxylation sites is 1. The van der Waals surface area contributed by atoms with Crippen molar-refractivity contribution in [3.63, 3.8) is 0 Å². The van der Waals surface area contributed by atoms with Crippen LogP contribution in [-0.2, 0) is 7.05 Å². The van der Waals surface area contributed by atoms with Crippen molar-refractivity contribution < 1.29 is 4.79 Å². The molecule has 1 unspecified atom stereocenters. The quantitative estimate of drug-likeness (QED) is 0.808. The van der Waals surface area contributed by atoms with Crippen molar-refractivity contribution in [2.75, 3.05) is 0 Å². The number of carbonyl (C=O) groups is 1. The fourth-order valence-electron chi connectivity index (χ4n) is 2.70. The number of aryl methyl sites for hydroxylation is 1. The van der Waals surface area contributed by atoms with E-state index in [2.05, 4.69) is 5.32 Å². The third-order valence-electron chi connectivity index (χ3n) is 4.05. The summed E-state index contributed by atoms with van der Waals surface area (Å²) in [6.07, 6.45) is 0. The van der Waals surface area contributed by atoms with Gasteiger partial charge in [0.05, 0.1) is 17.1 Å². The average molecular weight is 306 g/mol. The lowest BCUT2D eigenvalue weighted by Crippen LogP contribution is -2.29. The highest BCUT2D eigenvalue weighted by molar-refractivity contribution is 6.06. The van der Waals surface area contributed by atoms with Gasteiger partial charge in [-0.15, -0.1) is 0 Å². The molecule has 0 aliphatic heterocycles. The Morgan fingerprint density at radius 2 is 1.70 bits per heavy atom. The molecule has 3 rings (SSSR count). The number of carbonyl (C=O) groups excluding carboxylic acids is 1. The van der Waals surface area contributed by atoms with Crippen molar-refractivity contribution in [3.8, 4) is 0 Å². The smallest absolute Gasteiger partial charge is 0.252 e. The first-order chi connectivity index (χ1) is 11.1. The lowest BCUT2D eigenvalue weighted by atomic mass is 10.1. The Hall–Kier alpha value is -2.88. The fraction of sp³-hybridized carbons (Fsp3) is 0.158. The second kappa shape index (κ2) is 6.08. The number of amides is 1. The van der Waals surface area contributed by atoms with Gasteiger partial charge in [-0.1, -0.05) is 48.5 Å². The number of hydrogen-bond acceptors (Lipinski definition) is 2. The van der Waals surface area contributed by atoms with Gasteiger partial charge >= 0.3 is 0 Å². The zero-order valence-corrected chi connectivity index (χ0v) is 13.1. The van der Waals surface area contributed by atoms with Crippen molar-refractivity contribution in [2.24, 2.45) is 7.05 Å². The van der Waals surface area contributed by atoms with Gasteiger partial charge in [0, 0.05) is 18.5 Å². The van der Waals surface area contributed by atoms with Crippen molar-refractivity contribution in [2.45, 2.75) is 13.0 Å². The van der Waals surface area contributed by atoms with Crippen molar-refractivity contribution in [1.29, 1.82) is 0 Å². The van der Waals surface area contributed by atoms with Crippen LogP contribution in [0.2, 0.25) is 0 Å². The second-order valence-corrected chi connectivity index (χ2v) is 5.58. The number of aromatic nitrogens is 1. The Balaban J connectivity index is 1.99. The summed E-state index contributed by atoms with van der Waals surface area (Å²) in [6.45, 7) is 1.93. The van der Waals surface area contributed by atoms with E-state index >= 15 is 0 Å². The van der Waals surface area contributed by atoms with Crippen LogP contribution in [0, 0.1) is 0 Å². The Morgan fingerprint density at radius 3 is 2.43 bits per heavy atom. The summed E-state index contributed by atoms with van der Waals surface area (Å²) in [6, 6.07) is 18.4. The van der Waals surface area contributed by atoms with E-state index in [4.69, 9.17) is 0 Å². The van der Waals surface area contributed by atoms with E-state index in [0.717, 1.165) is 16.5 Å². The van der Waals surface area contributed by atoms with Crippen LogP contribution in [0.5, 0.6) is 0 Å². The second-order valence-electron chi connectivity index (χ2n) is 5.58. The van der Waals surface area contributed by atoms with Crippen LogP contribution in [0.25, 0.3) is 10.9 Å². The Labute approximate surface area is 134 Å². The lowest BCUT2D eigenvalue weighted by molar-refractivity contribution is 0.0941. The van der Waals surface area contributed by atoms with E-state index in [0.29, 0.717) is 5.56 Å². The molecular formula is C19H18N2O2. The third kappa shape index (κ3) is 2.88. The zero-order valence-electron chi connectivity index (χ0n) is 13.1. The van der Waals surface area contributed by atoms with Gasteiger partial charge in [0.25, 0.3) is 11.5 Å². The van der Waals surface area contributed by atoms with Gasteiger partial charge in [-0.05, 0) is 18.6 Å². The topological polar surface area (TPSA) is 51.1 Å². The molecule has 4 heteroatoms. The molecule has 1 heterocycles. The van der Waals surface area contributed by atoms with Crippen LogP contribution in [0.15, 0.2) is 65.5 Å². The number of nitrogens with one attached hydrogen (secondary N) is 1. The van der Waals surface area contributed by atoms with Gasteiger partial charge in [0.2, 0.25) is 0 Å². The molecule has 0 saturated carbocycles. The first-order valence-electron chi connectivity index (χ1n) is 7.52. The summed E-state index contributed by atoms with van der Waals surface area (Å²) >= 11 is 0. The summed E-state index contributed by atoms with van der Waals surface area (Å²) in [5.74, 6) is -0.241. The fourth-order valence-corrected chi connectivity index (χ4v) is 2.70. The molecule has 0 radical (unpaired) electrons. The maximum atomic E-state index is 12.6. The highest BCUT2D eigenvalue weighted by Crippen LogP contribution is 2.18. The number of pyridine rings is 1. The van der Waals surface area contributed by atoms with E-state index in [-0.39, 0.29) is 17.5 Å². The van der Waals surface area contributed by atoms with Gasteiger partial charge in [-0.3, -0.25) is 9.59 Å². The minimum Gasteiger partial charge on any atom is -0.345 e. The van der Waals surface area contributed by atoms with Gasteiger partial charge in [-0.25, -0.2) is 0 Å². The van der Waals surface area contributed by atoms with Crippen molar-refractivity contribution in [1.82, 2.24) is 9.88 Å². The SMILES string of the molecule is CC(NC(=O)c1cc(=O)n(C)c2ccccc12)c1ccccc1. The van der Waals surface area contributed by atoms with Crippen molar-refractivity contribution >= 4 is 16.8 Å². The van der Waals surface area contributed by atoms with Gasteiger partial charge in [-0.2, -0.15) is 0 Å². The molecule has 0 fully saturated rings. The molecule has 4 nitrogen and oxygen atoms in total. The largest absolute Gasteiger partial charge is 0.345 e. The molecule has 0 spiro atoms. The Bertz CT molecular complexity index is 914. The van der Waals surface area contributed by atoms with Gasteiger partial charge in [0.1, 0.15) is 0 Å². The summed E-state index contributed by atoms with van der Waals surface area (Å²) < 4.78 is 1.55. The minimum atomic E-state index is -0.241. The standard InChI is InChI=1S/C19H18N2O2/c1-13(14-8-4-3-5-9-14)20-19(23)16-12-18(22)21(2)17-11-7-6-10-15(16)17/h3-13H,1-2H3,(H,20,23). The maximum Gasteiger partial charge on any atom is 0.252 e. The van der Waals surface area contributed by atoms with Crippen molar-refractivity contribution in [3.05, 3.63) is 82.1 Å². The monoisotopic (exact) mass is 306 g/mol. The molecule has 0 aliphatic carbocycles. The summed E-state index contributed by atoms with van der Waals surface area (Å²) in [4.78, 5) is 24.7. The lowest BCUT2D eigenvalue weighted by Gasteiger charge is -2.16. The number of fused-ring (bicyclic) bond motifs is 1. The normalized spacial score (nSPS) is 12.1. The van der Waals surface area contributed by atoms with Crippen LogP contribution in [0.1, 0.15) is 28.9 Å². The van der Waals surface area contributed by atoms with E-state index in [1.54, 1.807) is 11.6 Å². The molecule has 1 amide bonds. The third-order valence-corrected chi connectivity index (χ3v) is 4.05. The van der Waals surface area contributed by atoms with E-state index in [9.17, 15) is 9.59 Å². The molecule has 23 heavy (non-hydrogen) atoms. The predicted molar refractivity (Wildman–Crippen MR) is 91.5 cm³/mol. The summed E-state index contributed by atoms with van der Waals surface area (Å²) in [7, 11) is 1.71. The molecule has 116 valence electrons. The molecule has 2 aromatic carbocycles. The van der Waals surface area contributed by atoms with Gasteiger partial charge < -0.3 is 9.88 Å². The van der Waals surface area contributed by atoms with Crippen LogP contribution in [0.4, 0.5) is 0 Å². The zero-order chi connectivity index (χ0) is 16.4.